The fourth-order valence-electron chi connectivity index (χ4n) is 4.65. The zero-order valence-corrected chi connectivity index (χ0v) is 22.1. The second-order valence-electron chi connectivity index (χ2n) is 9.67. The summed E-state index contributed by atoms with van der Waals surface area (Å²) in [6, 6.07) is 20.8. The highest BCUT2D eigenvalue weighted by Gasteiger charge is 2.28. The smallest absolute Gasteiger partial charge is 0.342 e. The zero-order valence-electron chi connectivity index (χ0n) is 21.3. The molecule has 2 aromatic heterocycles. The Morgan fingerprint density at radius 2 is 1.77 bits per heavy atom. The van der Waals surface area contributed by atoms with E-state index in [0.29, 0.717) is 33.0 Å². The Kier molecular flexibility index (Phi) is 6.88. The van der Waals surface area contributed by atoms with Gasteiger partial charge in [0.2, 0.25) is 0 Å². The van der Waals surface area contributed by atoms with Crippen molar-refractivity contribution in [2.45, 2.75) is 31.7 Å². The predicted molar refractivity (Wildman–Crippen MR) is 152 cm³/mol. The van der Waals surface area contributed by atoms with Crippen LogP contribution in [0.25, 0.3) is 22.3 Å². The third-order valence-corrected chi connectivity index (χ3v) is 7.42. The van der Waals surface area contributed by atoms with Crippen molar-refractivity contribution in [3.8, 4) is 17.0 Å². The average molecular weight is 553 g/mol. The lowest BCUT2D eigenvalue weighted by Crippen LogP contribution is -2.31. The molecule has 3 N–H and O–H groups in total. The van der Waals surface area contributed by atoms with Crippen LogP contribution in [0.15, 0.2) is 79.0 Å². The molecular formula is C30H25ClN6O3. The predicted octanol–water partition coefficient (Wildman–Crippen LogP) is 6.13. The van der Waals surface area contributed by atoms with E-state index in [1.807, 2.05) is 42.5 Å². The molecule has 5 aromatic rings. The lowest BCUT2D eigenvalue weighted by Gasteiger charge is -2.25. The molecule has 2 amide bonds. The largest absolute Gasteiger partial charge is 0.507 e. The molecule has 2 heterocycles. The molecule has 0 atom stereocenters. The Labute approximate surface area is 234 Å². The maximum Gasteiger partial charge on any atom is 0.342 e. The van der Waals surface area contributed by atoms with E-state index >= 15 is 0 Å². The van der Waals surface area contributed by atoms with Crippen LogP contribution in [-0.4, -0.2) is 36.8 Å². The molecule has 1 fully saturated rings. The first-order valence-electron chi connectivity index (χ1n) is 12.9. The number of anilines is 1. The molecular weight excluding hydrogens is 528 g/mol. The first-order valence-corrected chi connectivity index (χ1v) is 13.3. The number of hydrogen-bond donors (Lipinski definition) is 3. The number of carbonyl (C=O) groups is 2. The summed E-state index contributed by atoms with van der Waals surface area (Å²) in [6.45, 7) is 0.252. The summed E-state index contributed by atoms with van der Waals surface area (Å²) in [4.78, 5) is 34.8. The number of para-hydroxylation sites is 2. The lowest BCUT2D eigenvalue weighted by atomic mass is 9.82. The molecule has 6 rings (SSSR count). The van der Waals surface area contributed by atoms with E-state index < -0.39 is 5.91 Å². The van der Waals surface area contributed by atoms with Gasteiger partial charge < -0.3 is 15.7 Å². The van der Waals surface area contributed by atoms with E-state index in [0.717, 1.165) is 30.5 Å². The molecule has 0 aliphatic heterocycles. The van der Waals surface area contributed by atoms with E-state index in [2.05, 4.69) is 25.7 Å². The Morgan fingerprint density at radius 1 is 1.00 bits per heavy atom. The number of nitrogens with zero attached hydrogens (tertiary/aromatic N) is 4. The minimum atomic E-state index is -0.436. The first-order chi connectivity index (χ1) is 19.5. The number of carbonyl (C=O) groups excluding carboxylic acids is 2. The molecule has 200 valence electrons. The van der Waals surface area contributed by atoms with Gasteiger partial charge in [0.25, 0.3) is 5.91 Å². The van der Waals surface area contributed by atoms with Crippen LogP contribution in [0, 0.1) is 0 Å². The van der Waals surface area contributed by atoms with E-state index in [1.165, 1.54) is 16.9 Å². The number of aromatic hydroxyl groups is 1. The molecule has 1 aliphatic carbocycles. The van der Waals surface area contributed by atoms with Crippen LogP contribution in [0.5, 0.6) is 5.75 Å². The van der Waals surface area contributed by atoms with Gasteiger partial charge in [0.05, 0.1) is 28.6 Å². The second-order valence-corrected chi connectivity index (χ2v) is 10.1. The average Bonchev–Trinajstić information content (AvgIpc) is 3.36. The van der Waals surface area contributed by atoms with Crippen LogP contribution in [0.4, 0.5) is 10.5 Å². The molecule has 10 heteroatoms. The van der Waals surface area contributed by atoms with Crippen LogP contribution >= 0.6 is 11.6 Å². The lowest BCUT2D eigenvalue weighted by molar-refractivity contribution is 0.102. The summed E-state index contributed by atoms with van der Waals surface area (Å²) in [5.41, 5.74) is 4.30. The third kappa shape index (κ3) is 5.11. The topological polar surface area (TPSA) is 122 Å². The van der Waals surface area contributed by atoms with Gasteiger partial charge in [-0.1, -0.05) is 48.4 Å². The number of benzene rings is 3. The van der Waals surface area contributed by atoms with Crippen molar-refractivity contribution < 1.29 is 14.7 Å². The van der Waals surface area contributed by atoms with Crippen molar-refractivity contribution in [2.75, 3.05) is 5.32 Å². The summed E-state index contributed by atoms with van der Waals surface area (Å²) in [5, 5.41) is 21.5. The van der Waals surface area contributed by atoms with Gasteiger partial charge in [0, 0.05) is 28.7 Å². The van der Waals surface area contributed by atoms with E-state index in [9.17, 15) is 14.7 Å². The maximum absolute atomic E-state index is 13.2. The Balaban J connectivity index is 1.26. The maximum atomic E-state index is 13.2. The SMILES string of the molecule is O=C(Nc1ccc(O)c(-c2cc(C3CCC3)n(C(=O)NCc3ccccc3Cl)n2)c1)c1cnc2ccccc2n1. The summed E-state index contributed by atoms with van der Waals surface area (Å²) < 4.78 is 1.37. The summed E-state index contributed by atoms with van der Waals surface area (Å²) in [7, 11) is 0. The number of halogens is 1. The van der Waals surface area contributed by atoms with E-state index in [-0.39, 0.29) is 29.9 Å². The summed E-state index contributed by atoms with van der Waals surface area (Å²) in [6.07, 6.45) is 4.42. The number of nitrogens with one attached hydrogen (secondary N) is 2. The van der Waals surface area contributed by atoms with Crippen molar-refractivity contribution in [1.82, 2.24) is 25.1 Å². The van der Waals surface area contributed by atoms with Gasteiger partial charge in [-0.3, -0.25) is 9.78 Å². The number of rotatable bonds is 6. The van der Waals surface area contributed by atoms with Crippen molar-refractivity contribution in [3.05, 3.63) is 101 Å². The summed E-state index contributed by atoms with van der Waals surface area (Å²) in [5.74, 6) is -0.261. The van der Waals surface area contributed by atoms with Crippen molar-refractivity contribution in [3.63, 3.8) is 0 Å². The van der Waals surface area contributed by atoms with Crippen LogP contribution in [0.3, 0.4) is 0 Å². The number of hydrogen-bond acceptors (Lipinski definition) is 6. The molecule has 0 bridgehead atoms. The molecule has 0 radical (unpaired) electrons. The van der Waals surface area contributed by atoms with Gasteiger partial charge in [-0.25, -0.2) is 9.78 Å². The quantitative estimate of drug-likeness (QED) is 0.218. The first kappa shape index (κ1) is 25.5. The molecule has 40 heavy (non-hydrogen) atoms. The highest BCUT2D eigenvalue weighted by atomic mass is 35.5. The molecule has 0 unspecified atom stereocenters. The van der Waals surface area contributed by atoms with Crippen LogP contribution in [0.1, 0.15) is 46.9 Å². The van der Waals surface area contributed by atoms with Crippen molar-refractivity contribution in [2.24, 2.45) is 0 Å². The molecule has 9 nitrogen and oxygen atoms in total. The number of amides is 2. The van der Waals surface area contributed by atoms with Crippen molar-refractivity contribution >= 4 is 40.3 Å². The van der Waals surface area contributed by atoms with Gasteiger partial charge in [0.15, 0.2) is 0 Å². The molecule has 0 saturated heterocycles. The molecule has 1 aliphatic rings. The highest BCUT2D eigenvalue weighted by Crippen LogP contribution is 2.39. The molecule has 1 saturated carbocycles. The number of aromatic nitrogens is 4. The minimum absolute atomic E-state index is 0.0234. The van der Waals surface area contributed by atoms with Crippen LogP contribution in [0.2, 0.25) is 5.02 Å². The van der Waals surface area contributed by atoms with E-state index in [1.54, 1.807) is 24.3 Å². The second kappa shape index (κ2) is 10.8. The van der Waals surface area contributed by atoms with Gasteiger partial charge in [-0.2, -0.15) is 9.78 Å². The Hall–Kier alpha value is -4.76. The van der Waals surface area contributed by atoms with Gasteiger partial charge in [-0.15, -0.1) is 0 Å². The third-order valence-electron chi connectivity index (χ3n) is 7.05. The highest BCUT2D eigenvalue weighted by molar-refractivity contribution is 6.31. The van der Waals surface area contributed by atoms with Crippen LogP contribution < -0.4 is 10.6 Å². The fraction of sp³-hybridized carbons (Fsp3) is 0.167. The van der Waals surface area contributed by atoms with Gasteiger partial charge in [0.1, 0.15) is 11.4 Å². The van der Waals surface area contributed by atoms with Gasteiger partial charge in [-0.05, 0) is 60.9 Å². The minimum Gasteiger partial charge on any atom is -0.507 e. The fourth-order valence-corrected chi connectivity index (χ4v) is 4.86. The molecule has 0 spiro atoms. The zero-order chi connectivity index (χ0) is 27.6. The normalized spacial score (nSPS) is 13.1. The molecule has 3 aromatic carbocycles. The van der Waals surface area contributed by atoms with Gasteiger partial charge >= 0.3 is 6.03 Å². The van der Waals surface area contributed by atoms with E-state index in [4.69, 9.17) is 11.6 Å². The Morgan fingerprint density at radius 3 is 2.55 bits per heavy atom. The summed E-state index contributed by atoms with van der Waals surface area (Å²) >= 11 is 6.25. The number of fused-ring (bicyclic) bond motifs is 1. The monoisotopic (exact) mass is 552 g/mol. The van der Waals surface area contributed by atoms with Crippen molar-refractivity contribution in [1.29, 1.82) is 0 Å². The number of phenolic OH excluding ortho intramolecular Hbond substituents is 1. The standard InChI is InChI=1S/C30H25ClN6O3/c31-22-9-2-1-6-19(22)16-33-30(40)37-27(18-7-5-8-18)15-25(36-37)21-14-20(12-13-28(21)38)34-29(39)26-17-32-23-10-3-4-11-24(23)35-26/h1-4,6,9-15,17-18,38H,5,7-8,16H2,(H,33,40)(H,34,39). The Bertz CT molecular complexity index is 1750. The number of phenols is 1. The van der Waals surface area contributed by atoms with Crippen LogP contribution in [-0.2, 0) is 6.54 Å².